The quantitative estimate of drug-likeness (QED) is 0.825. The number of nitrogens with two attached hydrogens (primary N) is 1. The van der Waals surface area contributed by atoms with E-state index < -0.39 is 10.0 Å². The number of rotatable bonds is 5. The van der Waals surface area contributed by atoms with E-state index in [1.165, 1.54) is 12.1 Å². The fraction of sp³-hybridized carbons (Fsp3) is 0.350. The minimum absolute atomic E-state index is 0.0447. The van der Waals surface area contributed by atoms with E-state index in [9.17, 15) is 13.2 Å². The highest BCUT2D eigenvalue weighted by Crippen LogP contribution is 2.29. The molecule has 0 aromatic heterocycles. The van der Waals surface area contributed by atoms with Crippen LogP contribution in [0.1, 0.15) is 29.3 Å². The number of hydrogen-bond donors (Lipinski definition) is 2. The second kappa shape index (κ2) is 7.32. The molecule has 3 N–H and O–H groups in total. The zero-order chi connectivity index (χ0) is 19.7. The zero-order valence-electron chi connectivity index (χ0n) is 15.6. The van der Waals surface area contributed by atoms with Gasteiger partial charge in [0.25, 0.3) is 15.9 Å². The van der Waals surface area contributed by atoms with Crippen molar-refractivity contribution in [2.75, 3.05) is 24.4 Å². The third-order valence-corrected chi connectivity index (χ3v) is 6.45. The highest BCUT2D eigenvalue weighted by Gasteiger charge is 2.35. The Kier molecular flexibility index (Phi) is 5.26. The van der Waals surface area contributed by atoms with E-state index in [-0.39, 0.29) is 16.2 Å². The largest absolute Gasteiger partial charge is 0.338 e. The number of benzene rings is 2. The number of nitrogens with one attached hydrogen (secondary N) is 1. The van der Waals surface area contributed by atoms with E-state index >= 15 is 0 Å². The smallest absolute Gasteiger partial charge is 0.261 e. The maximum atomic E-state index is 12.7. The number of amides is 1. The van der Waals surface area contributed by atoms with Gasteiger partial charge in [-0.1, -0.05) is 24.6 Å². The van der Waals surface area contributed by atoms with Gasteiger partial charge in [0.1, 0.15) is 0 Å². The van der Waals surface area contributed by atoms with Crippen molar-refractivity contribution in [3.63, 3.8) is 0 Å². The Morgan fingerprint density at radius 3 is 2.33 bits per heavy atom. The van der Waals surface area contributed by atoms with E-state index in [0.29, 0.717) is 30.9 Å². The molecule has 1 unspecified atom stereocenters. The molecule has 1 fully saturated rings. The number of likely N-dealkylation sites (tertiary alicyclic amines) is 1. The number of anilines is 1. The Balaban J connectivity index is 1.73. The van der Waals surface area contributed by atoms with E-state index in [4.69, 9.17) is 5.73 Å². The van der Waals surface area contributed by atoms with E-state index in [0.717, 1.165) is 12.0 Å². The van der Waals surface area contributed by atoms with Crippen molar-refractivity contribution >= 4 is 21.6 Å². The Morgan fingerprint density at radius 2 is 1.78 bits per heavy atom. The van der Waals surface area contributed by atoms with Gasteiger partial charge >= 0.3 is 0 Å². The Morgan fingerprint density at radius 1 is 1.15 bits per heavy atom. The van der Waals surface area contributed by atoms with Crippen molar-refractivity contribution in [1.82, 2.24) is 4.90 Å². The minimum atomic E-state index is -3.70. The fourth-order valence-electron chi connectivity index (χ4n) is 3.16. The summed E-state index contributed by atoms with van der Waals surface area (Å²) in [7, 11) is -3.70. The van der Waals surface area contributed by atoms with Crippen LogP contribution in [0.25, 0.3) is 0 Å². The average Bonchev–Trinajstić information content (AvgIpc) is 3.06. The monoisotopic (exact) mass is 387 g/mol. The van der Waals surface area contributed by atoms with Crippen LogP contribution in [0.2, 0.25) is 0 Å². The van der Waals surface area contributed by atoms with Crippen LogP contribution >= 0.6 is 0 Å². The van der Waals surface area contributed by atoms with Crippen molar-refractivity contribution < 1.29 is 13.2 Å². The van der Waals surface area contributed by atoms with Crippen LogP contribution in [0.5, 0.6) is 0 Å². The number of carbonyl (C=O) groups is 1. The Hall–Kier alpha value is -2.38. The molecule has 7 heteroatoms. The van der Waals surface area contributed by atoms with Gasteiger partial charge in [-0.2, -0.15) is 0 Å². The molecule has 0 bridgehead atoms. The van der Waals surface area contributed by atoms with Crippen LogP contribution in [0, 0.1) is 12.3 Å². The van der Waals surface area contributed by atoms with Gasteiger partial charge < -0.3 is 10.6 Å². The molecule has 1 saturated heterocycles. The van der Waals surface area contributed by atoms with E-state index in [1.807, 2.05) is 19.1 Å². The first kappa shape index (κ1) is 19.4. The third kappa shape index (κ3) is 4.31. The molecule has 1 atom stereocenters. The van der Waals surface area contributed by atoms with Crippen LogP contribution in [0.4, 0.5) is 5.69 Å². The summed E-state index contributed by atoms with van der Waals surface area (Å²) in [4.78, 5) is 14.6. The highest BCUT2D eigenvalue weighted by atomic mass is 32.2. The third-order valence-electron chi connectivity index (χ3n) is 5.05. The van der Waals surface area contributed by atoms with Gasteiger partial charge in [0.2, 0.25) is 0 Å². The molecule has 0 aliphatic carbocycles. The maximum absolute atomic E-state index is 12.7. The lowest BCUT2D eigenvalue weighted by Crippen LogP contribution is -2.34. The minimum Gasteiger partial charge on any atom is -0.338 e. The molecule has 144 valence electrons. The van der Waals surface area contributed by atoms with Gasteiger partial charge in [0.15, 0.2) is 0 Å². The zero-order valence-corrected chi connectivity index (χ0v) is 16.4. The summed E-state index contributed by atoms with van der Waals surface area (Å²) in [5.74, 6) is -0.0948. The summed E-state index contributed by atoms with van der Waals surface area (Å²) in [6.07, 6.45) is 0.877. The Labute approximate surface area is 160 Å². The molecule has 0 radical (unpaired) electrons. The molecule has 0 saturated carbocycles. The maximum Gasteiger partial charge on any atom is 0.261 e. The average molecular weight is 388 g/mol. The number of carbonyl (C=O) groups excluding carboxylic acids is 1. The second-order valence-corrected chi connectivity index (χ2v) is 9.17. The second-order valence-electron chi connectivity index (χ2n) is 7.49. The van der Waals surface area contributed by atoms with Gasteiger partial charge in [0, 0.05) is 24.3 Å². The summed E-state index contributed by atoms with van der Waals surface area (Å²) in [5, 5.41) is 0. The van der Waals surface area contributed by atoms with Gasteiger partial charge in [-0.15, -0.1) is 0 Å². The van der Waals surface area contributed by atoms with Crippen LogP contribution in [0.3, 0.4) is 0 Å². The number of hydrogen-bond acceptors (Lipinski definition) is 4. The van der Waals surface area contributed by atoms with Gasteiger partial charge in [-0.3, -0.25) is 9.52 Å². The molecule has 0 spiro atoms. The number of sulfonamides is 1. The van der Waals surface area contributed by atoms with Crippen LogP contribution in [-0.2, 0) is 10.0 Å². The van der Waals surface area contributed by atoms with Crippen molar-refractivity contribution in [1.29, 1.82) is 0 Å². The fourth-order valence-corrected chi connectivity index (χ4v) is 4.22. The summed E-state index contributed by atoms with van der Waals surface area (Å²) >= 11 is 0. The summed E-state index contributed by atoms with van der Waals surface area (Å²) in [6, 6.07) is 13.1. The molecule has 6 nitrogen and oxygen atoms in total. The lowest BCUT2D eigenvalue weighted by atomic mass is 9.90. The molecule has 2 aromatic rings. The van der Waals surface area contributed by atoms with E-state index in [2.05, 4.69) is 11.6 Å². The van der Waals surface area contributed by atoms with Gasteiger partial charge in [0.05, 0.1) is 4.90 Å². The Bertz CT molecular complexity index is 924. The van der Waals surface area contributed by atoms with Crippen molar-refractivity contribution in [3.8, 4) is 0 Å². The first-order chi connectivity index (χ1) is 12.7. The number of aryl methyl sites for hydroxylation is 1. The standard InChI is InChI=1S/C20H25N3O3S/c1-15-3-7-17(8-4-15)22-27(25,26)18-9-5-16(6-10-18)19(24)23-12-11-20(2,13-21)14-23/h3-10,22H,11-14,21H2,1-2H3. The topological polar surface area (TPSA) is 92.5 Å². The van der Waals surface area contributed by atoms with Gasteiger partial charge in [-0.25, -0.2) is 8.42 Å². The van der Waals surface area contributed by atoms with Crippen molar-refractivity contribution in [2.45, 2.75) is 25.2 Å². The molecule has 1 heterocycles. The van der Waals surface area contributed by atoms with Crippen LogP contribution in [-0.4, -0.2) is 38.9 Å². The molecule has 1 amide bonds. The summed E-state index contributed by atoms with van der Waals surface area (Å²) < 4.78 is 27.6. The highest BCUT2D eigenvalue weighted by molar-refractivity contribution is 7.92. The summed E-state index contributed by atoms with van der Waals surface area (Å²) in [6.45, 7) is 5.84. The molecule has 27 heavy (non-hydrogen) atoms. The predicted octanol–water partition coefficient (Wildman–Crippen LogP) is 2.61. The molecule has 1 aliphatic rings. The first-order valence-corrected chi connectivity index (χ1v) is 10.4. The van der Waals surface area contributed by atoms with Crippen molar-refractivity contribution in [3.05, 3.63) is 59.7 Å². The van der Waals surface area contributed by atoms with Gasteiger partial charge in [-0.05, 0) is 61.7 Å². The lowest BCUT2D eigenvalue weighted by Gasteiger charge is -2.22. The van der Waals surface area contributed by atoms with Crippen LogP contribution in [0.15, 0.2) is 53.4 Å². The molecule has 1 aliphatic heterocycles. The van der Waals surface area contributed by atoms with Crippen LogP contribution < -0.4 is 10.5 Å². The van der Waals surface area contributed by atoms with Crippen molar-refractivity contribution in [2.24, 2.45) is 11.1 Å². The lowest BCUT2D eigenvalue weighted by molar-refractivity contribution is 0.0777. The summed E-state index contributed by atoms with van der Waals surface area (Å²) in [5.41, 5.74) is 7.78. The molecule has 3 rings (SSSR count). The first-order valence-electron chi connectivity index (χ1n) is 8.91. The molecule has 2 aromatic carbocycles. The predicted molar refractivity (Wildman–Crippen MR) is 106 cm³/mol. The number of nitrogens with zero attached hydrogens (tertiary/aromatic N) is 1. The van der Waals surface area contributed by atoms with E-state index in [1.54, 1.807) is 29.2 Å². The molecular weight excluding hydrogens is 362 g/mol. The molecular formula is C20H25N3O3S. The normalized spacial score (nSPS) is 19.9. The SMILES string of the molecule is Cc1ccc(NS(=O)(=O)c2ccc(C(=O)N3CCC(C)(CN)C3)cc2)cc1.